The average Bonchev–Trinajstić information content (AvgIpc) is 2.56. The first-order chi connectivity index (χ1) is 11.7. The first-order valence-corrected chi connectivity index (χ1v) is 10.1. The number of benzene rings is 2. The molecule has 1 amide bonds. The van der Waals surface area contributed by atoms with Gasteiger partial charge in [-0.1, -0.05) is 11.6 Å². The van der Waals surface area contributed by atoms with Crippen LogP contribution < -0.4 is 14.8 Å². The molecule has 0 aliphatic heterocycles. The lowest BCUT2D eigenvalue weighted by Crippen LogP contribution is -2.41. The topological polar surface area (TPSA) is 84.5 Å². The predicted octanol–water partition coefficient (Wildman–Crippen LogP) is 3.26. The van der Waals surface area contributed by atoms with Crippen molar-refractivity contribution in [3.05, 3.63) is 51.1 Å². The van der Waals surface area contributed by atoms with Crippen molar-refractivity contribution in [1.82, 2.24) is 4.72 Å². The summed E-state index contributed by atoms with van der Waals surface area (Å²) in [5.74, 6) is -0.340. The van der Waals surface area contributed by atoms with Crippen LogP contribution in [0.4, 0.5) is 5.69 Å². The molecule has 2 aromatic rings. The van der Waals surface area contributed by atoms with Gasteiger partial charge in [0.2, 0.25) is 15.9 Å². The summed E-state index contributed by atoms with van der Waals surface area (Å²) >= 11 is 8.02. The standard InChI is InChI=1S/C16H16ClIN2O4S/c1-10(16(21)19-13-6-4-12(18)5-7-13)20-25(22,23)15-9-11(17)3-8-14(15)24-2/h3-10,20H,1-2H3,(H,19,21)/t10-/m1/s1. The lowest BCUT2D eigenvalue weighted by molar-refractivity contribution is -0.117. The van der Waals surface area contributed by atoms with Crippen molar-refractivity contribution in [1.29, 1.82) is 0 Å². The SMILES string of the molecule is COc1ccc(Cl)cc1S(=O)(=O)N[C@H](C)C(=O)Nc1ccc(I)cc1. The lowest BCUT2D eigenvalue weighted by Gasteiger charge is -2.16. The molecule has 0 aromatic heterocycles. The van der Waals surface area contributed by atoms with Crippen LogP contribution in [0.1, 0.15) is 6.92 Å². The summed E-state index contributed by atoms with van der Waals surface area (Å²) in [6.45, 7) is 1.45. The molecule has 0 bridgehead atoms. The molecule has 134 valence electrons. The van der Waals surface area contributed by atoms with E-state index in [-0.39, 0.29) is 15.7 Å². The van der Waals surface area contributed by atoms with E-state index >= 15 is 0 Å². The molecule has 0 heterocycles. The van der Waals surface area contributed by atoms with E-state index in [1.807, 2.05) is 12.1 Å². The lowest BCUT2D eigenvalue weighted by atomic mass is 10.3. The van der Waals surface area contributed by atoms with Crippen LogP contribution >= 0.6 is 34.2 Å². The number of carbonyl (C=O) groups excluding carboxylic acids is 1. The fraction of sp³-hybridized carbons (Fsp3) is 0.188. The van der Waals surface area contributed by atoms with Gasteiger partial charge in [0, 0.05) is 14.3 Å². The van der Waals surface area contributed by atoms with Crippen LogP contribution in [-0.4, -0.2) is 27.5 Å². The molecule has 0 aliphatic carbocycles. The minimum absolute atomic E-state index is 0.128. The number of carbonyl (C=O) groups is 1. The number of rotatable bonds is 6. The Morgan fingerprint density at radius 2 is 1.84 bits per heavy atom. The fourth-order valence-corrected chi connectivity index (χ4v) is 3.99. The summed E-state index contributed by atoms with van der Waals surface area (Å²) in [5.41, 5.74) is 0.580. The van der Waals surface area contributed by atoms with Gasteiger partial charge in [-0.15, -0.1) is 0 Å². The highest BCUT2D eigenvalue weighted by atomic mass is 127. The Bertz CT molecular complexity index is 872. The third-order valence-corrected chi connectivity index (χ3v) is 5.77. The third-order valence-electron chi connectivity index (χ3n) is 3.25. The summed E-state index contributed by atoms with van der Waals surface area (Å²) < 4.78 is 33.5. The van der Waals surface area contributed by atoms with Crippen molar-refractivity contribution in [3.8, 4) is 5.75 Å². The molecule has 0 fully saturated rings. The Morgan fingerprint density at radius 1 is 1.20 bits per heavy atom. The van der Waals surface area contributed by atoms with Crippen molar-refractivity contribution in [2.75, 3.05) is 12.4 Å². The molecule has 2 N–H and O–H groups in total. The second kappa shape index (κ2) is 8.35. The number of halogens is 2. The van der Waals surface area contributed by atoms with E-state index in [4.69, 9.17) is 16.3 Å². The van der Waals surface area contributed by atoms with E-state index in [0.29, 0.717) is 5.69 Å². The number of hydrogen-bond acceptors (Lipinski definition) is 4. The zero-order chi connectivity index (χ0) is 18.6. The molecule has 25 heavy (non-hydrogen) atoms. The maximum absolute atomic E-state index is 12.5. The van der Waals surface area contributed by atoms with Crippen LogP contribution in [-0.2, 0) is 14.8 Å². The molecule has 0 spiro atoms. The Morgan fingerprint density at radius 3 is 2.44 bits per heavy atom. The van der Waals surface area contributed by atoms with E-state index in [2.05, 4.69) is 32.6 Å². The number of sulfonamides is 1. The molecule has 6 nitrogen and oxygen atoms in total. The van der Waals surface area contributed by atoms with Gasteiger partial charge >= 0.3 is 0 Å². The minimum Gasteiger partial charge on any atom is -0.495 e. The third kappa shape index (κ3) is 5.30. The van der Waals surface area contributed by atoms with Gasteiger partial charge in [-0.25, -0.2) is 8.42 Å². The molecule has 1 atom stereocenters. The molecular weight excluding hydrogens is 479 g/mol. The van der Waals surface area contributed by atoms with Gasteiger partial charge in [0.15, 0.2) is 0 Å². The normalized spacial score (nSPS) is 12.5. The van der Waals surface area contributed by atoms with E-state index in [9.17, 15) is 13.2 Å². The van der Waals surface area contributed by atoms with E-state index in [1.165, 1.54) is 32.2 Å². The molecule has 0 saturated heterocycles. The molecule has 9 heteroatoms. The van der Waals surface area contributed by atoms with Gasteiger partial charge in [0.05, 0.1) is 13.2 Å². The van der Waals surface area contributed by atoms with Gasteiger partial charge in [-0.3, -0.25) is 4.79 Å². The van der Waals surface area contributed by atoms with Crippen LogP contribution in [0.3, 0.4) is 0 Å². The van der Waals surface area contributed by atoms with E-state index in [0.717, 1.165) is 3.57 Å². The minimum atomic E-state index is -3.99. The maximum Gasteiger partial charge on any atom is 0.245 e. The molecule has 2 rings (SSSR count). The molecule has 0 aliphatic rings. The van der Waals surface area contributed by atoms with Crippen molar-refractivity contribution in [3.63, 3.8) is 0 Å². The highest BCUT2D eigenvalue weighted by molar-refractivity contribution is 14.1. The van der Waals surface area contributed by atoms with Crippen LogP contribution in [0.25, 0.3) is 0 Å². The summed E-state index contributed by atoms with van der Waals surface area (Å²) in [6, 6.07) is 10.4. The Kier molecular flexibility index (Phi) is 6.66. The molecular formula is C16H16ClIN2O4S. The van der Waals surface area contributed by atoms with Crippen molar-refractivity contribution in [2.24, 2.45) is 0 Å². The quantitative estimate of drug-likeness (QED) is 0.604. The van der Waals surface area contributed by atoms with Gasteiger partial charge < -0.3 is 10.1 Å². The van der Waals surface area contributed by atoms with Gasteiger partial charge in [0.25, 0.3) is 0 Å². The van der Waals surface area contributed by atoms with Crippen molar-refractivity contribution < 1.29 is 17.9 Å². The number of anilines is 1. The second-order valence-electron chi connectivity index (χ2n) is 5.13. The molecule has 0 unspecified atom stereocenters. The Labute approximate surface area is 165 Å². The van der Waals surface area contributed by atoms with Crippen LogP contribution in [0.15, 0.2) is 47.4 Å². The van der Waals surface area contributed by atoms with Gasteiger partial charge in [0.1, 0.15) is 10.6 Å². The zero-order valence-electron chi connectivity index (χ0n) is 13.4. The monoisotopic (exact) mass is 494 g/mol. The van der Waals surface area contributed by atoms with Crippen molar-refractivity contribution >= 4 is 55.8 Å². The van der Waals surface area contributed by atoms with Crippen molar-refractivity contribution in [2.45, 2.75) is 17.9 Å². The highest BCUT2D eigenvalue weighted by Crippen LogP contribution is 2.27. The summed E-state index contributed by atoms with van der Waals surface area (Å²) in [5, 5.41) is 2.90. The van der Waals surface area contributed by atoms with Gasteiger partial charge in [-0.05, 0) is 72.0 Å². The fourth-order valence-electron chi connectivity index (χ4n) is 1.99. The largest absolute Gasteiger partial charge is 0.495 e. The van der Waals surface area contributed by atoms with Crippen LogP contribution in [0, 0.1) is 3.57 Å². The zero-order valence-corrected chi connectivity index (χ0v) is 17.1. The highest BCUT2D eigenvalue weighted by Gasteiger charge is 2.25. The number of methoxy groups -OCH3 is 1. The number of nitrogens with one attached hydrogen (secondary N) is 2. The van der Waals surface area contributed by atoms with Crippen LogP contribution in [0.2, 0.25) is 5.02 Å². The summed E-state index contributed by atoms with van der Waals surface area (Å²) in [4.78, 5) is 12.1. The smallest absolute Gasteiger partial charge is 0.245 e. The predicted molar refractivity (Wildman–Crippen MR) is 106 cm³/mol. The number of hydrogen-bond donors (Lipinski definition) is 2. The first-order valence-electron chi connectivity index (χ1n) is 7.15. The summed E-state index contributed by atoms with van der Waals surface area (Å²) in [7, 11) is -2.63. The first kappa shape index (κ1) is 20.0. The Hall–Kier alpha value is -1.36. The molecule has 0 saturated carbocycles. The summed E-state index contributed by atoms with van der Waals surface area (Å²) in [6.07, 6.45) is 0. The van der Waals surface area contributed by atoms with E-state index in [1.54, 1.807) is 12.1 Å². The molecule has 2 aromatic carbocycles. The van der Waals surface area contributed by atoms with Crippen LogP contribution in [0.5, 0.6) is 5.75 Å². The number of ether oxygens (including phenoxy) is 1. The van der Waals surface area contributed by atoms with E-state index < -0.39 is 22.0 Å². The maximum atomic E-state index is 12.5. The average molecular weight is 495 g/mol. The number of amides is 1. The second-order valence-corrected chi connectivity index (χ2v) is 8.50. The molecule has 0 radical (unpaired) electrons. The van der Waals surface area contributed by atoms with Gasteiger partial charge in [-0.2, -0.15) is 4.72 Å². The Balaban J connectivity index is 2.15.